The number of methoxy groups -OCH3 is 2. The van der Waals surface area contributed by atoms with Crippen molar-refractivity contribution in [2.75, 3.05) is 40.7 Å². The lowest BCUT2D eigenvalue weighted by Crippen LogP contribution is -2.48. The van der Waals surface area contributed by atoms with Gasteiger partial charge in [-0.2, -0.15) is 0 Å². The van der Waals surface area contributed by atoms with E-state index in [1.807, 2.05) is 30.5 Å². The maximum Gasteiger partial charge on any atom is 0.338 e. The number of urea groups is 1. The molecule has 0 saturated carbocycles. The number of ether oxygens (including phenoxy) is 4. The van der Waals surface area contributed by atoms with Crippen LogP contribution in [0.15, 0.2) is 58.6 Å². The highest BCUT2D eigenvalue weighted by Gasteiger charge is 2.38. The topological polar surface area (TPSA) is 86.3 Å². The van der Waals surface area contributed by atoms with Gasteiger partial charge in [0, 0.05) is 23.6 Å². The van der Waals surface area contributed by atoms with Crippen LogP contribution in [-0.2, 0) is 9.53 Å². The van der Waals surface area contributed by atoms with Crippen molar-refractivity contribution in [2.45, 2.75) is 17.9 Å². The summed E-state index contributed by atoms with van der Waals surface area (Å²) in [6.45, 7) is 1.93. The zero-order valence-corrected chi connectivity index (χ0v) is 20.2. The van der Waals surface area contributed by atoms with Gasteiger partial charge in [0.25, 0.3) is 0 Å². The Hall–Kier alpha value is -3.33. The summed E-state index contributed by atoms with van der Waals surface area (Å²) in [5, 5.41) is 2.88. The van der Waals surface area contributed by atoms with Crippen LogP contribution < -0.4 is 19.5 Å². The Kier molecular flexibility index (Phi) is 8.11. The standard InChI is InChI=1S/C24H28N2O6S/c1-6-31-23(27)21-19(14-32-15-7-10-17(33-5)11-8-15)26(2)24(28)25-22(21)18-12-9-16(29-3)13-20(18)30-4/h7-13,22H,6,14H2,1-5H3,(H,25,28)/t22-/m1/s1. The van der Waals surface area contributed by atoms with E-state index in [9.17, 15) is 9.59 Å². The largest absolute Gasteiger partial charge is 0.497 e. The first-order valence-electron chi connectivity index (χ1n) is 10.4. The van der Waals surface area contributed by atoms with Crippen molar-refractivity contribution in [1.29, 1.82) is 0 Å². The van der Waals surface area contributed by atoms with Crippen LogP contribution in [0.3, 0.4) is 0 Å². The normalized spacial score (nSPS) is 15.7. The van der Waals surface area contributed by atoms with Crippen LogP contribution in [0.4, 0.5) is 4.79 Å². The fraction of sp³-hybridized carbons (Fsp3) is 0.333. The van der Waals surface area contributed by atoms with E-state index < -0.39 is 12.0 Å². The highest BCUT2D eigenvalue weighted by molar-refractivity contribution is 7.98. The molecule has 1 N–H and O–H groups in total. The third kappa shape index (κ3) is 5.36. The molecule has 0 fully saturated rings. The molecule has 2 aromatic rings. The number of rotatable bonds is 9. The van der Waals surface area contributed by atoms with Crippen LogP contribution in [0.5, 0.6) is 17.2 Å². The second kappa shape index (κ2) is 11.0. The molecule has 2 aromatic carbocycles. The third-order valence-corrected chi connectivity index (χ3v) is 6.00. The van der Waals surface area contributed by atoms with E-state index >= 15 is 0 Å². The predicted molar refractivity (Wildman–Crippen MR) is 126 cm³/mol. The van der Waals surface area contributed by atoms with Crippen LogP contribution in [-0.4, -0.2) is 57.6 Å². The summed E-state index contributed by atoms with van der Waals surface area (Å²) in [6.07, 6.45) is 2.00. The second-order valence-electron chi connectivity index (χ2n) is 7.09. The molecule has 0 unspecified atom stereocenters. The first kappa shape index (κ1) is 24.3. The molecule has 33 heavy (non-hydrogen) atoms. The summed E-state index contributed by atoms with van der Waals surface area (Å²) in [5.74, 6) is 1.15. The van der Waals surface area contributed by atoms with E-state index in [0.29, 0.717) is 28.5 Å². The Morgan fingerprint density at radius 3 is 2.39 bits per heavy atom. The van der Waals surface area contributed by atoms with Crippen LogP contribution in [0.2, 0.25) is 0 Å². The fourth-order valence-electron chi connectivity index (χ4n) is 3.50. The lowest BCUT2D eigenvalue weighted by Gasteiger charge is -2.35. The van der Waals surface area contributed by atoms with E-state index in [2.05, 4.69) is 5.32 Å². The van der Waals surface area contributed by atoms with Gasteiger partial charge in [0.05, 0.1) is 38.1 Å². The molecule has 1 heterocycles. The molecular formula is C24H28N2O6S. The maximum absolute atomic E-state index is 13.1. The van der Waals surface area contributed by atoms with Crippen molar-refractivity contribution in [3.63, 3.8) is 0 Å². The zero-order valence-electron chi connectivity index (χ0n) is 19.3. The van der Waals surface area contributed by atoms with Gasteiger partial charge in [-0.25, -0.2) is 9.59 Å². The quantitative estimate of drug-likeness (QED) is 0.436. The Morgan fingerprint density at radius 1 is 1.09 bits per heavy atom. The van der Waals surface area contributed by atoms with E-state index in [1.54, 1.807) is 51.0 Å². The highest BCUT2D eigenvalue weighted by Crippen LogP contribution is 2.37. The number of esters is 1. The predicted octanol–water partition coefficient (Wildman–Crippen LogP) is 4.02. The number of amides is 2. The van der Waals surface area contributed by atoms with Crippen molar-refractivity contribution in [1.82, 2.24) is 10.2 Å². The van der Waals surface area contributed by atoms with Gasteiger partial charge in [-0.3, -0.25) is 4.90 Å². The van der Waals surface area contributed by atoms with Gasteiger partial charge in [-0.05, 0) is 49.6 Å². The van der Waals surface area contributed by atoms with Crippen molar-refractivity contribution in [3.8, 4) is 17.2 Å². The third-order valence-electron chi connectivity index (χ3n) is 5.26. The number of nitrogens with zero attached hydrogens (tertiary/aromatic N) is 1. The van der Waals surface area contributed by atoms with Crippen LogP contribution in [0.1, 0.15) is 18.5 Å². The number of carbonyl (C=O) groups is 2. The monoisotopic (exact) mass is 472 g/mol. The summed E-state index contributed by atoms with van der Waals surface area (Å²) in [4.78, 5) is 28.4. The maximum atomic E-state index is 13.1. The van der Waals surface area contributed by atoms with E-state index in [4.69, 9.17) is 18.9 Å². The second-order valence-corrected chi connectivity index (χ2v) is 7.97. The Labute approximate surface area is 197 Å². The average molecular weight is 473 g/mol. The number of hydrogen-bond donors (Lipinski definition) is 1. The number of likely N-dealkylation sites (N-methyl/N-ethyl adjacent to an activating group) is 1. The minimum atomic E-state index is -0.786. The van der Waals surface area contributed by atoms with Crippen LogP contribution >= 0.6 is 11.8 Å². The van der Waals surface area contributed by atoms with Gasteiger partial charge in [0.1, 0.15) is 23.9 Å². The molecule has 3 rings (SSSR count). The number of benzene rings is 2. The summed E-state index contributed by atoms with van der Waals surface area (Å²) in [5.41, 5.74) is 1.29. The Morgan fingerprint density at radius 2 is 1.79 bits per heavy atom. The molecule has 1 aliphatic heterocycles. The van der Waals surface area contributed by atoms with E-state index in [1.165, 1.54) is 12.0 Å². The molecule has 176 valence electrons. The molecule has 0 aliphatic carbocycles. The van der Waals surface area contributed by atoms with Gasteiger partial charge >= 0.3 is 12.0 Å². The first-order chi connectivity index (χ1) is 15.9. The molecule has 0 aromatic heterocycles. The molecule has 1 aliphatic rings. The Bertz CT molecular complexity index is 1040. The lowest BCUT2D eigenvalue weighted by molar-refractivity contribution is -0.139. The smallest absolute Gasteiger partial charge is 0.338 e. The fourth-order valence-corrected chi connectivity index (χ4v) is 3.90. The molecule has 9 heteroatoms. The average Bonchev–Trinajstić information content (AvgIpc) is 2.84. The van der Waals surface area contributed by atoms with Gasteiger partial charge < -0.3 is 24.3 Å². The highest BCUT2D eigenvalue weighted by atomic mass is 32.2. The molecular weight excluding hydrogens is 444 g/mol. The number of hydrogen-bond acceptors (Lipinski definition) is 7. The number of thioether (sulfide) groups is 1. The van der Waals surface area contributed by atoms with Crippen LogP contribution in [0.25, 0.3) is 0 Å². The molecule has 0 spiro atoms. The number of nitrogens with one attached hydrogen (secondary N) is 1. The summed E-state index contributed by atoms with van der Waals surface area (Å²) < 4.78 is 22.1. The molecule has 8 nitrogen and oxygen atoms in total. The molecule has 0 bridgehead atoms. The van der Waals surface area contributed by atoms with Gasteiger partial charge in [-0.1, -0.05) is 0 Å². The summed E-state index contributed by atoms with van der Waals surface area (Å²) in [7, 11) is 4.66. The summed E-state index contributed by atoms with van der Waals surface area (Å²) >= 11 is 1.63. The zero-order chi connectivity index (χ0) is 24.0. The van der Waals surface area contributed by atoms with Crippen molar-refractivity contribution >= 4 is 23.8 Å². The lowest BCUT2D eigenvalue weighted by atomic mass is 9.94. The first-order valence-corrected chi connectivity index (χ1v) is 11.6. The van der Waals surface area contributed by atoms with Gasteiger partial charge in [0.15, 0.2) is 0 Å². The molecule has 0 radical (unpaired) electrons. The Balaban J connectivity index is 2.05. The molecule has 2 amide bonds. The molecule has 1 atom stereocenters. The van der Waals surface area contributed by atoms with E-state index in [0.717, 1.165) is 4.90 Å². The molecule has 0 saturated heterocycles. The summed E-state index contributed by atoms with van der Waals surface area (Å²) in [6, 6.07) is 11.6. The van der Waals surface area contributed by atoms with E-state index in [-0.39, 0.29) is 24.8 Å². The van der Waals surface area contributed by atoms with Crippen molar-refractivity contribution in [2.24, 2.45) is 0 Å². The SMILES string of the molecule is CCOC(=O)C1=C(COc2ccc(SC)cc2)N(C)C(=O)N[C@@H]1c1ccc(OC)cc1OC. The minimum Gasteiger partial charge on any atom is -0.497 e. The van der Waals surface area contributed by atoms with Crippen molar-refractivity contribution in [3.05, 3.63) is 59.3 Å². The van der Waals surface area contributed by atoms with Gasteiger partial charge in [0.2, 0.25) is 0 Å². The number of carbonyl (C=O) groups excluding carboxylic acids is 2. The van der Waals surface area contributed by atoms with Gasteiger partial charge in [-0.15, -0.1) is 11.8 Å². The van der Waals surface area contributed by atoms with Crippen LogP contribution in [0, 0.1) is 0 Å². The minimum absolute atomic E-state index is 0.00561. The van der Waals surface area contributed by atoms with Crippen molar-refractivity contribution < 1.29 is 28.5 Å².